The van der Waals surface area contributed by atoms with Crippen LogP contribution in [0, 0.1) is 5.92 Å². The minimum Gasteiger partial charge on any atom is -0.342 e. The van der Waals surface area contributed by atoms with Crippen LogP contribution < -0.4 is 0 Å². The molecule has 15 heavy (non-hydrogen) atoms. The second-order valence-corrected chi connectivity index (χ2v) is 5.45. The van der Waals surface area contributed by atoms with Gasteiger partial charge in [-0.25, -0.2) is 0 Å². The first-order valence-electron chi connectivity index (χ1n) is 6.20. The lowest BCUT2D eigenvalue weighted by Crippen LogP contribution is -2.36. The molecule has 1 unspecified atom stereocenters. The summed E-state index contributed by atoms with van der Waals surface area (Å²) in [7, 11) is 0. The van der Waals surface area contributed by atoms with E-state index in [4.69, 9.17) is 11.6 Å². The van der Waals surface area contributed by atoms with E-state index < -0.39 is 0 Å². The highest BCUT2D eigenvalue weighted by Crippen LogP contribution is 2.27. The minimum atomic E-state index is 0.284. The molecule has 2 aliphatic rings. The summed E-state index contributed by atoms with van der Waals surface area (Å²) in [5.74, 6) is 0.732. The van der Waals surface area contributed by atoms with Gasteiger partial charge < -0.3 is 4.90 Å². The van der Waals surface area contributed by atoms with Crippen LogP contribution in [-0.2, 0) is 4.79 Å². The Kier molecular flexibility index (Phi) is 3.90. The Balaban J connectivity index is 1.88. The molecule has 1 heterocycles. The number of amides is 1. The highest BCUT2D eigenvalue weighted by Gasteiger charge is 2.28. The minimum absolute atomic E-state index is 0.284. The summed E-state index contributed by atoms with van der Waals surface area (Å²) in [5.41, 5.74) is 0. The lowest BCUT2D eigenvalue weighted by Gasteiger charge is -2.23. The number of likely N-dealkylation sites (tertiary alicyclic amines) is 1. The molecular formula is C12H20ClNO. The van der Waals surface area contributed by atoms with Crippen LogP contribution in [-0.4, -0.2) is 29.3 Å². The first-order valence-corrected chi connectivity index (χ1v) is 6.64. The van der Waals surface area contributed by atoms with E-state index in [0.717, 1.165) is 45.2 Å². The fourth-order valence-electron chi connectivity index (χ4n) is 2.71. The average molecular weight is 230 g/mol. The van der Waals surface area contributed by atoms with Gasteiger partial charge in [-0.15, -0.1) is 11.6 Å². The summed E-state index contributed by atoms with van der Waals surface area (Å²) < 4.78 is 0. The molecule has 2 nitrogen and oxygen atoms in total. The summed E-state index contributed by atoms with van der Waals surface area (Å²) in [6.45, 7) is 1.81. The van der Waals surface area contributed by atoms with Crippen molar-refractivity contribution in [1.82, 2.24) is 4.90 Å². The lowest BCUT2D eigenvalue weighted by atomic mass is 10.1. The van der Waals surface area contributed by atoms with Crippen LogP contribution in [0.1, 0.15) is 44.9 Å². The molecule has 0 aromatic heterocycles. The fraction of sp³-hybridized carbons (Fsp3) is 0.917. The standard InChI is InChI=1S/C12H20ClNO/c13-11-6-3-8-14(9-7-11)12(15)10-4-1-2-5-10/h10-11H,1-9H2. The number of hydrogen-bond acceptors (Lipinski definition) is 1. The second-order valence-electron chi connectivity index (χ2n) is 4.83. The Hall–Kier alpha value is -0.240. The van der Waals surface area contributed by atoms with E-state index in [1.165, 1.54) is 12.8 Å². The molecule has 2 rings (SSSR count). The quantitative estimate of drug-likeness (QED) is 0.634. The molecule has 86 valence electrons. The zero-order chi connectivity index (χ0) is 10.7. The second kappa shape index (κ2) is 5.20. The van der Waals surface area contributed by atoms with Crippen molar-refractivity contribution in [3.8, 4) is 0 Å². The zero-order valence-corrected chi connectivity index (χ0v) is 10.0. The van der Waals surface area contributed by atoms with Gasteiger partial charge in [0, 0.05) is 24.4 Å². The Labute approximate surface area is 97.0 Å². The average Bonchev–Trinajstić information content (AvgIpc) is 2.67. The third-order valence-corrected chi connectivity index (χ3v) is 4.11. The molecule has 1 saturated carbocycles. The SMILES string of the molecule is O=C(C1CCCC1)N1CCCC(Cl)CC1. The number of carbonyl (C=O) groups is 1. The Morgan fingerprint density at radius 3 is 2.47 bits per heavy atom. The fourth-order valence-corrected chi connectivity index (χ4v) is 2.96. The number of carbonyl (C=O) groups excluding carboxylic acids is 1. The van der Waals surface area contributed by atoms with Gasteiger partial charge >= 0.3 is 0 Å². The van der Waals surface area contributed by atoms with Gasteiger partial charge in [-0.2, -0.15) is 0 Å². The van der Waals surface area contributed by atoms with E-state index in [1.807, 2.05) is 0 Å². The normalized spacial score (nSPS) is 29.1. The summed E-state index contributed by atoms with van der Waals surface area (Å²) in [6.07, 6.45) is 7.81. The lowest BCUT2D eigenvalue weighted by molar-refractivity contribution is -0.135. The molecule has 1 aliphatic heterocycles. The maximum Gasteiger partial charge on any atom is 0.225 e. The van der Waals surface area contributed by atoms with Crippen molar-refractivity contribution in [2.75, 3.05) is 13.1 Å². The third kappa shape index (κ3) is 2.87. The van der Waals surface area contributed by atoms with Crippen molar-refractivity contribution in [3.63, 3.8) is 0 Å². The van der Waals surface area contributed by atoms with Gasteiger partial charge in [-0.05, 0) is 32.1 Å². The molecule has 0 N–H and O–H groups in total. The first-order chi connectivity index (χ1) is 7.27. The van der Waals surface area contributed by atoms with Crippen LogP contribution in [0.2, 0.25) is 0 Å². The summed E-state index contributed by atoms with van der Waals surface area (Å²) in [4.78, 5) is 14.2. The molecule has 1 saturated heterocycles. The van der Waals surface area contributed by atoms with Crippen LogP contribution in [0.4, 0.5) is 0 Å². The van der Waals surface area contributed by atoms with E-state index in [2.05, 4.69) is 4.90 Å². The largest absolute Gasteiger partial charge is 0.342 e. The van der Waals surface area contributed by atoms with Crippen molar-refractivity contribution in [2.45, 2.75) is 50.3 Å². The Morgan fingerprint density at radius 2 is 1.73 bits per heavy atom. The Bertz CT molecular complexity index is 226. The topological polar surface area (TPSA) is 20.3 Å². The van der Waals surface area contributed by atoms with Crippen LogP contribution >= 0.6 is 11.6 Å². The Morgan fingerprint density at radius 1 is 1.00 bits per heavy atom. The molecule has 3 heteroatoms. The summed E-state index contributed by atoms with van der Waals surface area (Å²) >= 11 is 6.11. The summed E-state index contributed by atoms with van der Waals surface area (Å²) in [5, 5.41) is 0.284. The molecule has 1 aliphatic carbocycles. The van der Waals surface area contributed by atoms with Crippen molar-refractivity contribution >= 4 is 17.5 Å². The number of hydrogen-bond donors (Lipinski definition) is 0. The van der Waals surface area contributed by atoms with Crippen molar-refractivity contribution in [2.24, 2.45) is 5.92 Å². The van der Waals surface area contributed by atoms with Gasteiger partial charge in [0.2, 0.25) is 5.91 Å². The van der Waals surface area contributed by atoms with Gasteiger partial charge in [-0.3, -0.25) is 4.79 Å². The van der Waals surface area contributed by atoms with Crippen molar-refractivity contribution < 1.29 is 4.79 Å². The number of nitrogens with zero attached hydrogens (tertiary/aromatic N) is 1. The highest BCUT2D eigenvalue weighted by atomic mass is 35.5. The van der Waals surface area contributed by atoms with Gasteiger partial charge in [0.1, 0.15) is 0 Å². The van der Waals surface area contributed by atoms with Gasteiger partial charge in [0.25, 0.3) is 0 Å². The predicted octanol–water partition coefficient (Wildman–Crippen LogP) is 2.80. The van der Waals surface area contributed by atoms with Crippen LogP contribution in [0.5, 0.6) is 0 Å². The number of halogens is 1. The molecule has 1 atom stereocenters. The molecule has 0 aromatic carbocycles. The number of alkyl halides is 1. The maximum absolute atomic E-state index is 12.1. The maximum atomic E-state index is 12.1. The molecule has 2 fully saturated rings. The molecule has 1 amide bonds. The van der Waals surface area contributed by atoms with Crippen LogP contribution in [0.3, 0.4) is 0 Å². The molecular weight excluding hydrogens is 210 g/mol. The monoisotopic (exact) mass is 229 g/mol. The van der Waals surface area contributed by atoms with E-state index in [0.29, 0.717) is 11.8 Å². The van der Waals surface area contributed by atoms with Gasteiger partial charge in [0.15, 0.2) is 0 Å². The van der Waals surface area contributed by atoms with Crippen molar-refractivity contribution in [3.05, 3.63) is 0 Å². The van der Waals surface area contributed by atoms with Crippen LogP contribution in [0.15, 0.2) is 0 Å². The summed E-state index contributed by atoms with van der Waals surface area (Å²) in [6, 6.07) is 0. The third-order valence-electron chi connectivity index (χ3n) is 3.67. The highest BCUT2D eigenvalue weighted by molar-refractivity contribution is 6.20. The zero-order valence-electron chi connectivity index (χ0n) is 9.25. The van der Waals surface area contributed by atoms with E-state index >= 15 is 0 Å². The smallest absolute Gasteiger partial charge is 0.225 e. The van der Waals surface area contributed by atoms with E-state index in [9.17, 15) is 4.79 Å². The molecule has 0 spiro atoms. The first kappa shape index (κ1) is 11.3. The van der Waals surface area contributed by atoms with Crippen LogP contribution in [0.25, 0.3) is 0 Å². The van der Waals surface area contributed by atoms with Gasteiger partial charge in [0.05, 0.1) is 0 Å². The van der Waals surface area contributed by atoms with E-state index in [1.54, 1.807) is 0 Å². The predicted molar refractivity (Wildman–Crippen MR) is 62.0 cm³/mol. The van der Waals surface area contributed by atoms with Gasteiger partial charge in [-0.1, -0.05) is 12.8 Å². The molecule has 0 radical (unpaired) electrons. The van der Waals surface area contributed by atoms with E-state index in [-0.39, 0.29) is 5.38 Å². The molecule has 0 aromatic rings. The van der Waals surface area contributed by atoms with Crippen molar-refractivity contribution in [1.29, 1.82) is 0 Å². The molecule has 0 bridgehead atoms. The number of rotatable bonds is 1.